The molecule has 0 aromatic rings. The summed E-state index contributed by atoms with van der Waals surface area (Å²) in [6.07, 6.45) is 13.7. The molecule has 162 valence electrons. The monoisotopic (exact) mass is 401 g/mol. The number of hydrogen-bond acceptors (Lipinski definition) is 4. The van der Waals surface area contributed by atoms with E-state index in [4.69, 9.17) is 0 Å². The van der Waals surface area contributed by atoms with Crippen molar-refractivity contribution in [2.24, 2.45) is 22.7 Å². The van der Waals surface area contributed by atoms with Crippen molar-refractivity contribution in [2.75, 3.05) is 19.7 Å². The molecule has 5 rings (SSSR count). The zero-order valence-corrected chi connectivity index (χ0v) is 18.2. The molecule has 7 atom stereocenters. The highest BCUT2D eigenvalue weighted by atomic mass is 16.3. The van der Waals surface area contributed by atoms with Crippen molar-refractivity contribution in [3.05, 3.63) is 23.3 Å². The standard InChI is InChI=1S/C25H39NO3/c1-23-10-7-19(28)14-17(23)5-6-20-21(23)8-11-24(2)22(20)9-12-25(24,29)16-26-13-3-4-18(26)15-27/h5-6,18-19,21-22,27-29H,3-4,7-16H2,1-2H3. The Labute approximate surface area is 175 Å². The molecule has 3 N–H and O–H groups in total. The Kier molecular flexibility index (Phi) is 4.82. The number of nitrogens with zero attached hydrogens (tertiary/aromatic N) is 1. The summed E-state index contributed by atoms with van der Waals surface area (Å²) < 4.78 is 0. The van der Waals surface area contributed by atoms with Crippen LogP contribution in [0.5, 0.6) is 0 Å². The van der Waals surface area contributed by atoms with Crippen molar-refractivity contribution >= 4 is 0 Å². The van der Waals surface area contributed by atoms with E-state index in [1.165, 1.54) is 5.57 Å². The molecular weight excluding hydrogens is 362 g/mol. The van der Waals surface area contributed by atoms with Crippen LogP contribution in [0.25, 0.3) is 0 Å². The van der Waals surface area contributed by atoms with Gasteiger partial charge in [-0.3, -0.25) is 4.90 Å². The summed E-state index contributed by atoms with van der Waals surface area (Å²) in [5.41, 5.74) is 2.49. The lowest BCUT2D eigenvalue weighted by atomic mass is 9.50. The summed E-state index contributed by atoms with van der Waals surface area (Å²) >= 11 is 0. The molecule has 5 aliphatic rings. The molecule has 4 heteroatoms. The molecule has 0 aromatic carbocycles. The summed E-state index contributed by atoms with van der Waals surface area (Å²) in [6.45, 7) is 6.71. The number of likely N-dealkylation sites (tertiary alicyclic amines) is 1. The van der Waals surface area contributed by atoms with Crippen molar-refractivity contribution in [3.8, 4) is 0 Å². The predicted molar refractivity (Wildman–Crippen MR) is 114 cm³/mol. The van der Waals surface area contributed by atoms with E-state index in [2.05, 4.69) is 30.9 Å². The largest absolute Gasteiger partial charge is 0.395 e. The number of aliphatic hydroxyl groups is 3. The van der Waals surface area contributed by atoms with Gasteiger partial charge in [0.15, 0.2) is 0 Å². The van der Waals surface area contributed by atoms with Crippen LogP contribution >= 0.6 is 0 Å². The minimum Gasteiger partial charge on any atom is -0.395 e. The third-order valence-electron chi connectivity index (χ3n) is 10.0. The molecule has 4 fully saturated rings. The lowest BCUT2D eigenvalue weighted by Crippen LogP contribution is -2.56. The van der Waals surface area contributed by atoms with Crippen LogP contribution in [0.3, 0.4) is 0 Å². The topological polar surface area (TPSA) is 63.9 Å². The van der Waals surface area contributed by atoms with Gasteiger partial charge in [0.2, 0.25) is 0 Å². The summed E-state index contributed by atoms with van der Waals surface area (Å²) in [5, 5.41) is 31.9. The van der Waals surface area contributed by atoms with E-state index in [1.54, 1.807) is 5.57 Å². The second-order valence-electron chi connectivity index (χ2n) is 11.3. The quantitative estimate of drug-likeness (QED) is 0.678. The average molecular weight is 402 g/mol. The second kappa shape index (κ2) is 6.91. The highest BCUT2D eigenvalue weighted by Crippen LogP contribution is 2.66. The molecule has 1 saturated heterocycles. The van der Waals surface area contributed by atoms with Gasteiger partial charge in [-0.05, 0) is 81.6 Å². The summed E-state index contributed by atoms with van der Waals surface area (Å²) in [7, 11) is 0. The van der Waals surface area contributed by atoms with Crippen molar-refractivity contribution in [2.45, 2.75) is 89.4 Å². The maximum absolute atomic E-state index is 11.9. The van der Waals surface area contributed by atoms with Crippen LogP contribution in [0.15, 0.2) is 23.3 Å². The molecule has 4 aliphatic carbocycles. The number of hydrogen-bond donors (Lipinski definition) is 3. The number of fused-ring (bicyclic) bond motifs is 5. The van der Waals surface area contributed by atoms with E-state index < -0.39 is 5.60 Å². The molecule has 1 heterocycles. The van der Waals surface area contributed by atoms with Gasteiger partial charge in [-0.2, -0.15) is 0 Å². The van der Waals surface area contributed by atoms with Gasteiger partial charge in [0.25, 0.3) is 0 Å². The minimum atomic E-state index is -0.658. The third-order valence-corrected chi connectivity index (χ3v) is 10.0. The van der Waals surface area contributed by atoms with Crippen LogP contribution in [0.1, 0.15) is 71.6 Å². The number of allylic oxidation sites excluding steroid dienone is 3. The summed E-state index contributed by atoms with van der Waals surface area (Å²) in [6, 6.07) is 0.227. The number of rotatable bonds is 3. The first kappa shape index (κ1) is 20.2. The smallest absolute Gasteiger partial charge is 0.0833 e. The fraction of sp³-hybridized carbons (Fsp3) is 0.840. The highest BCUT2D eigenvalue weighted by molar-refractivity contribution is 5.39. The van der Waals surface area contributed by atoms with Gasteiger partial charge in [-0.1, -0.05) is 37.1 Å². The van der Waals surface area contributed by atoms with Gasteiger partial charge in [0, 0.05) is 18.0 Å². The van der Waals surface area contributed by atoms with Crippen LogP contribution in [0.2, 0.25) is 0 Å². The van der Waals surface area contributed by atoms with E-state index in [0.717, 1.165) is 64.3 Å². The molecule has 0 aromatic heterocycles. The van der Waals surface area contributed by atoms with Gasteiger partial charge >= 0.3 is 0 Å². The van der Waals surface area contributed by atoms with E-state index >= 15 is 0 Å². The maximum Gasteiger partial charge on any atom is 0.0833 e. The van der Waals surface area contributed by atoms with Crippen LogP contribution < -0.4 is 0 Å². The molecule has 0 amide bonds. The second-order valence-corrected chi connectivity index (χ2v) is 11.3. The Morgan fingerprint density at radius 2 is 1.83 bits per heavy atom. The van der Waals surface area contributed by atoms with Crippen LogP contribution in [-0.2, 0) is 0 Å². The maximum atomic E-state index is 11.9. The van der Waals surface area contributed by atoms with E-state index in [0.29, 0.717) is 18.4 Å². The summed E-state index contributed by atoms with van der Waals surface area (Å²) in [5.74, 6) is 1.04. The minimum absolute atomic E-state index is 0.0756. The lowest BCUT2D eigenvalue weighted by molar-refractivity contribution is -0.105. The van der Waals surface area contributed by atoms with Crippen molar-refractivity contribution < 1.29 is 15.3 Å². The van der Waals surface area contributed by atoms with Gasteiger partial charge in [-0.15, -0.1) is 0 Å². The fourth-order valence-corrected chi connectivity index (χ4v) is 8.00. The van der Waals surface area contributed by atoms with Gasteiger partial charge in [0.1, 0.15) is 0 Å². The van der Waals surface area contributed by atoms with E-state index in [-0.39, 0.29) is 29.6 Å². The molecular formula is C25H39NO3. The molecule has 1 aliphatic heterocycles. The molecule has 0 bridgehead atoms. The number of aliphatic hydroxyl groups excluding tert-OH is 2. The van der Waals surface area contributed by atoms with Crippen molar-refractivity contribution in [1.29, 1.82) is 0 Å². The van der Waals surface area contributed by atoms with Gasteiger partial charge in [0.05, 0.1) is 18.3 Å². The zero-order valence-electron chi connectivity index (χ0n) is 18.2. The summed E-state index contributed by atoms with van der Waals surface area (Å²) in [4.78, 5) is 2.36. The third kappa shape index (κ3) is 2.86. The Morgan fingerprint density at radius 1 is 1.03 bits per heavy atom. The Bertz CT molecular complexity index is 732. The van der Waals surface area contributed by atoms with E-state index in [9.17, 15) is 15.3 Å². The Morgan fingerprint density at radius 3 is 2.62 bits per heavy atom. The van der Waals surface area contributed by atoms with Crippen LogP contribution in [0, 0.1) is 22.7 Å². The SMILES string of the molecule is CC12CCC(O)CC1=CC=C1C2CCC2(C)C1CCC2(O)CN1CCCC1CO. The first-order chi connectivity index (χ1) is 13.8. The normalized spacial score (nSPS) is 49.8. The first-order valence-corrected chi connectivity index (χ1v) is 12.0. The van der Waals surface area contributed by atoms with Crippen molar-refractivity contribution in [1.82, 2.24) is 4.90 Å². The zero-order chi connectivity index (χ0) is 20.4. The molecule has 0 spiro atoms. The predicted octanol–water partition coefficient (Wildman–Crippen LogP) is 3.42. The fourth-order valence-electron chi connectivity index (χ4n) is 8.00. The van der Waals surface area contributed by atoms with Crippen LogP contribution in [-0.4, -0.2) is 57.7 Å². The van der Waals surface area contributed by atoms with Crippen molar-refractivity contribution in [3.63, 3.8) is 0 Å². The lowest BCUT2D eigenvalue weighted by Gasteiger charge is -2.56. The van der Waals surface area contributed by atoms with Crippen LogP contribution in [0.4, 0.5) is 0 Å². The van der Waals surface area contributed by atoms with Gasteiger partial charge < -0.3 is 15.3 Å². The molecule has 0 radical (unpaired) electrons. The Balaban J connectivity index is 1.43. The Hall–Kier alpha value is -0.680. The highest BCUT2D eigenvalue weighted by Gasteiger charge is 2.62. The number of β-amino-alcohol motifs (C(OH)–C–C–N with tert-alkyl or cyclic N) is 1. The first-order valence-electron chi connectivity index (χ1n) is 12.0. The van der Waals surface area contributed by atoms with Gasteiger partial charge in [-0.25, -0.2) is 0 Å². The average Bonchev–Trinajstić information content (AvgIpc) is 3.24. The molecule has 4 nitrogen and oxygen atoms in total. The molecule has 3 saturated carbocycles. The molecule has 29 heavy (non-hydrogen) atoms. The molecule has 7 unspecified atom stereocenters. The van der Waals surface area contributed by atoms with E-state index in [1.807, 2.05) is 0 Å².